The molecule has 5 nitrogen and oxygen atoms in total. The van der Waals surface area contributed by atoms with Crippen LogP contribution in [0.1, 0.15) is 23.9 Å². The molecule has 0 amide bonds. The number of benzene rings is 1. The van der Waals surface area contributed by atoms with E-state index in [1.807, 2.05) is 5.32 Å². The Balaban J connectivity index is 2.24. The monoisotopic (exact) mass is 425 g/mol. The fourth-order valence-electron chi connectivity index (χ4n) is 2.47. The summed E-state index contributed by atoms with van der Waals surface area (Å²) < 4.78 is 65.5. The van der Waals surface area contributed by atoms with Gasteiger partial charge in [0.2, 0.25) is 0 Å². The van der Waals surface area contributed by atoms with Crippen LogP contribution in [-0.4, -0.2) is 41.6 Å². The summed E-state index contributed by atoms with van der Waals surface area (Å²) in [6.45, 7) is 7.11. The zero-order valence-electron chi connectivity index (χ0n) is 16.2. The summed E-state index contributed by atoms with van der Waals surface area (Å²) in [5.74, 6) is -1.36. The average Bonchev–Trinajstić information content (AvgIpc) is 3.07. The van der Waals surface area contributed by atoms with E-state index >= 15 is 0 Å². The second kappa shape index (κ2) is 10.1. The number of nitrogens with one attached hydrogen (secondary N) is 1. The fraction of sp³-hybridized carbons (Fsp3) is 0.250. The molecule has 1 N–H and O–H groups in total. The molecule has 2 aromatic rings. The number of hydrogen-bond acceptors (Lipinski definition) is 3. The highest BCUT2D eigenvalue weighted by molar-refractivity contribution is 6.00. The first-order valence-corrected chi connectivity index (χ1v) is 8.74. The lowest BCUT2D eigenvalue weighted by atomic mass is 10.2. The van der Waals surface area contributed by atoms with Crippen LogP contribution in [0.25, 0.3) is 5.57 Å². The van der Waals surface area contributed by atoms with Gasteiger partial charge in [-0.1, -0.05) is 24.8 Å². The molecule has 1 aromatic heterocycles. The Hall–Kier alpha value is -3.14. The minimum absolute atomic E-state index is 0.0456. The molecule has 0 saturated carbocycles. The Morgan fingerprint density at radius 3 is 2.60 bits per heavy atom. The fourth-order valence-corrected chi connectivity index (χ4v) is 2.47. The Bertz CT molecular complexity index is 972. The quantitative estimate of drug-likeness (QED) is 0.384. The lowest BCUT2D eigenvalue weighted by Gasteiger charge is -2.07. The van der Waals surface area contributed by atoms with Gasteiger partial charge in [-0.15, -0.1) is 0 Å². The summed E-state index contributed by atoms with van der Waals surface area (Å²) in [5, 5.41) is 6.24. The maximum absolute atomic E-state index is 14.0. The molecule has 0 saturated heterocycles. The van der Waals surface area contributed by atoms with Gasteiger partial charge in [-0.25, -0.2) is 18.8 Å². The lowest BCUT2D eigenvalue weighted by molar-refractivity contribution is -0.124. The van der Waals surface area contributed by atoms with Gasteiger partial charge in [-0.05, 0) is 31.3 Å². The van der Waals surface area contributed by atoms with Gasteiger partial charge in [-0.2, -0.15) is 18.3 Å². The van der Waals surface area contributed by atoms with Gasteiger partial charge in [0.1, 0.15) is 17.3 Å². The van der Waals surface area contributed by atoms with Crippen molar-refractivity contribution in [2.75, 3.05) is 13.1 Å². The van der Waals surface area contributed by atoms with Crippen LogP contribution in [0.4, 0.5) is 22.0 Å². The van der Waals surface area contributed by atoms with E-state index in [2.05, 4.69) is 28.4 Å². The number of nitrogens with zero attached hydrogens (tertiary/aromatic N) is 4. The van der Waals surface area contributed by atoms with Crippen molar-refractivity contribution in [3.8, 4) is 0 Å². The van der Waals surface area contributed by atoms with Gasteiger partial charge in [0.05, 0.1) is 25.0 Å². The lowest BCUT2D eigenvalue weighted by Crippen LogP contribution is -2.29. The molecule has 0 bridgehead atoms. The zero-order chi connectivity index (χ0) is 22.3. The second-order valence-corrected chi connectivity index (χ2v) is 6.35. The number of amidine groups is 1. The molecule has 30 heavy (non-hydrogen) atoms. The third-order valence-electron chi connectivity index (χ3n) is 3.82. The summed E-state index contributed by atoms with van der Waals surface area (Å²) in [7, 11) is 0. The van der Waals surface area contributed by atoms with E-state index in [1.54, 1.807) is 31.2 Å². The predicted octanol–water partition coefficient (Wildman–Crippen LogP) is 4.51. The number of halogens is 5. The van der Waals surface area contributed by atoms with E-state index in [4.69, 9.17) is 0 Å². The zero-order valence-corrected chi connectivity index (χ0v) is 16.2. The number of alkyl halides is 3. The molecule has 2 rings (SSSR count). The second-order valence-electron chi connectivity index (χ2n) is 6.35. The van der Waals surface area contributed by atoms with Gasteiger partial charge in [0.15, 0.2) is 5.84 Å². The first kappa shape index (κ1) is 23.1. The van der Waals surface area contributed by atoms with Crippen LogP contribution in [0.2, 0.25) is 0 Å². The molecule has 0 atom stereocenters. The molecule has 0 spiro atoms. The van der Waals surface area contributed by atoms with E-state index in [0.717, 1.165) is 6.20 Å². The highest BCUT2D eigenvalue weighted by Crippen LogP contribution is 2.18. The van der Waals surface area contributed by atoms with Crippen molar-refractivity contribution in [1.29, 1.82) is 0 Å². The van der Waals surface area contributed by atoms with Gasteiger partial charge in [0, 0.05) is 12.1 Å². The number of hydrogen-bond donors (Lipinski definition) is 1. The number of aromatic nitrogens is 2. The topological polar surface area (TPSA) is 54.6 Å². The molecule has 0 aliphatic heterocycles. The summed E-state index contributed by atoms with van der Waals surface area (Å²) in [6, 6.07) is 7.81. The van der Waals surface area contributed by atoms with Crippen LogP contribution in [0.5, 0.6) is 0 Å². The smallest absolute Gasteiger partial charge is 0.302 e. The highest BCUT2D eigenvalue weighted by atomic mass is 19.4. The van der Waals surface area contributed by atoms with Gasteiger partial charge >= 0.3 is 6.18 Å². The third-order valence-corrected chi connectivity index (χ3v) is 3.82. The molecule has 160 valence electrons. The maximum Gasteiger partial charge on any atom is 0.401 e. The van der Waals surface area contributed by atoms with Crippen molar-refractivity contribution in [2.45, 2.75) is 19.6 Å². The molecule has 0 fully saturated rings. The van der Waals surface area contributed by atoms with Crippen LogP contribution in [0.3, 0.4) is 0 Å². The predicted molar refractivity (Wildman–Crippen MR) is 107 cm³/mol. The molecule has 0 unspecified atom stereocenters. The number of allylic oxidation sites excluding steroid dienone is 1. The van der Waals surface area contributed by atoms with E-state index in [0.29, 0.717) is 16.8 Å². The average molecular weight is 425 g/mol. The molecule has 1 heterocycles. The van der Waals surface area contributed by atoms with Gasteiger partial charge in [0.25, 0.3) is 0 Å². The van der Waals surface area contributed by atoms with Crippen LogP contribution in [0.15, 0.2) is 58.9 Å². The van der Waals surface area contributed by atoms with Crippen LogP contribution < -0.4 is 5.32 Å². The molecule has 0 aliphatic rings. The van der Waals surface area contributed by atoms with Crippen molar-refractivity contribution in [3.63, 3.8) is 0 Å². The third kappa shape index (κ3) is 6.73. The molecular weight excluding hydrogens is 405 g/mol. The minimum atomic E-state index is -4.44. The van der Waals surface area contributed by atoms with Crippen LogP contribution in [-0.2, 0) is 6.54 Å². The first-order valence-electron chi connectivity index (χ1n) is 8.74. The largest absolute Gasteiger partial charge is 0.401 e. The van der Waals surface area contributed by atoms with Crippen molar-refractivity contribution in [3.05, 3.63) is 71.7 Å². The van der Waals surface area contributed by atoms with Crippen molar-refractivity contribution >= 4 is 18.1 Å². The van der Waals surface area contributed by atoms with Crippen LogP contribution >= 0.6 is 0 Å². The molecule has 10 heteroatoms. The summed E-state index contributed by atoms with van der Waals surface area (Å²) in [6.07, 6.45) is -3.70. The van der Waals surface area contributed by atoms with Crippen molar-refractivity contribution in [1.82, 2.24) is 15.1 Å². The summed E-state index contributed by atoms with van der Waals surface area (Å²) in [4.78, 5) is 7.51. The van der Waals surface area contributed by atoms with E-state index in [9.17, 15) is 22.0 Å². The number of rotatable bonds is 8. The minimum Gasteiger partial charge on any atom is -0.302 e. The van der Waals surface area contributed by atoms with Gasteiger partial charge < -0.3 is 5.32 Å². The van der Waals surface area contributed by atoms with E-state index in [1.165, 1.54) is 10.7 Å². The molecule has 0 radical (unpaired) electrons. The summed E-state index contributed by atoms with van der Waals surface area (Å²) >= 11 is 0. The van der Waals surface area contributed by atoms with Crippen molar-refractivity contribution < 1.29 is 22.0 Å². The number of aliphatic imine (C=N–C) groups is 2. The molecule has 1 aromatic carbocycles. The Labute approximate surface area is 170 Å². The Morgan fingerprint density at radius 1 is 1.30 bits per heavy atom. The summed E-state index contributed by atoms with van der Waals surface area (Å²) in [5.41, 5.74) is 1.86. The van der Waals surface area contributed by atoms with E-state index < -0.39 is 30.9 Å². The Morgan fingerprint density at radius 2 is 2.00 bits per heavy atom. The highest BCUT2D eigenvalue weighted by Gasteiger charge is 2.26. The Kier molecular flexibility index (Phi) is 7.76. The normalized spacial score (nSPS) is 12.9. The van der Waals surface area contributed by atoms with Crippen LogP contribution in [0, 0.1) is 5.82 Å². The molecular formula is C20H20F5N5. The van der Waals surface area contributed by atoms with Gasteiger partial charge in [-0.3, -0.25) is 4.68 Å². The van der Waals surface area contributed by atoms with E-state index in [-0.39, 0.29) is 18.1 Å². The standard InChI is InChI=1S/C20H20F5N5/c1-13(2)18-8-17(29-30(18)11-14-6-4-5-7-16(14)22)19(26-3)28-10-15(21)9-27-12-20(23,24)25/h4-8,10,27H,1,3,9,11-12H2,2H3/b15-10+,28-19?. The first-order chi connectivity index (χ1) is 14.1. The van der Waals surface area contributed by atoms with Crippen molar-refractivity contribution in [2.24, 2.45) is 9.98 Å². The SMILES string of the molecule is C=NC(=N/C=C(/F)CNCC(F)(F)F)c1cc(C(=C)C)n(Cc2ccccc2F)n1. The molecule has 0 aliphatic carbocycles. The maximum atomic E-state index is 14.0.